The number of aromatic amines is 1. The maximum Gasteiger partial charge on any atom is 0.243 e. The topological polar surface area (TPSA) is 82.3 Å². The third-order valence-electron chi connectivity index (χ3n) is 4.25. The van der Waals surface area contributed by atoms with Crippen molar-refractivity contribution in [3.63, 3.8) is 0 Å². The predicted octanol–water partition coefficient (Wildman–Crippen LogP) is 2.89. The first-order valence-corrected chi connectivity index (χ1v) is 9.51. The van der Waals surface area contributed by atoms with Crippen molar-refractivity contribution < 1.29 is 13.2 Å². The number of hydrogen-bond acceptors (Lipinski definition) is 3. The minimum atomic E-state index is -3.56. The molecule has 1 aliphatic rings. The Bertz CT molecular complexity index is 798. The number of H-pyrrole nitrogens is 1. The standard InChI is InChI=1S/C17H21N3O3S/c1-2-17(21)19-13-7-9-14(10-8-13)24(22,23)20-12-4-6-16(20)15-5-3-11-18-15/h3,5,7-11,16,18H,2,4,6,12H2,1H3,(H,19,21)/t16-/m1/s1. The lowest BCUT2D eigenvalue weighted by atomic mass is 10.2. The van der Waals surface area contributed by atoms with Crippen molar-refractivity contribution in [2.45, 2.75) is 37.1 Å². The number of hydrogen-bond donors (Lipinski definition) is 2. The minimum Gasteiger partial charge on any atom is -0.364 e. The van der Waals surface area contributed by atoms with Crippen LogP contribution in [0, 0.1) is 0 Å². The van der Waals surface area contributed by atoms with Crippen LogP contribution in [0.25, 0.3) is 0 Å². The van der Waals surface area contributed by atoms with Crippen molar-refractivity contribution in [1.82, 2.24) is 9.29 Å². The fraction of sp³-hybridized carbons (Fsp3) is 0.353. The monoisotopic (exact) mass is 347 g/mol. The van der Waals surface area contributed by atoms with Crippen molar-refractivity contribution >= 4 is 21.6 Å². The van der Waals surface area contributed by atoms with Crippen LogP contribution in [0.2, 0.25) is 0 Å². The van der Waals surface area contributed by atoms with Crippen LogP contribution >= 0.6 is 0 Å². The normalized spacial score (nSPS) is 18.6. The van der Waals surface area contributed by atoms with Gasteiger partial charge in [-0.1, -0.05) is 6.92 Å². The first kappa shape index (κ1) is 16.7. The van der Waals surface area contributed by atoms with E-state index in [2.05, 4.69) is 10.3 Å². The highest BCUT2D eigenvalue weighted by molar-refractivity contribution is 7.89. The van der Waals surface area contributed by atoms with E-state index in [1.165, 1.54) is 0 Å². The summed E-state index contributed by atoms with van der Waals surface area (Å²) in [6.07, 6.45) is 3.84. The molecule has 0 bridgehead atoms. The second-order valence-electron chi connectivity index (χ2n) is 5.83. The van der Waals surface area contributed by atoms with Gasteiger partial charge in [0.2, 0.25) is 15.9 Å². The maximum atomic E-state index is 13.0. The van der Waals surface area contributed by atoms with Gasteiger partial charge in [-0.15, -0.1) is 0 Å². The molecule has 2 N–H and O–H groups in total. The molecule has 128 valence electrons. The first-order valence-electron chi connectivity index (χ1n) is 8.07. The Morgan fingerprint density at radius 3 is 2.67 bits per heavy atom. The number of nitrogens with zero attached hydrogens (tertiary/aromatic N) is 1. The van der Waals surface area contributed by atoms with E-state index in [0.29, 0.717) is 18.7 Å². The summed E-state index contributed by atoms with van der Waals surface area (Å²) in [6.45, 7) is 2.28. The number of anilines is 1. The van der Waals surface area contributed by atoms with Gasteiger partial charge in [0.25, 0.3) is 0 Å². The second kappa shape index (κ2) is 6.78. The lowest BCUT2D eigenvalue weighted by molar-refractivity contribution is -0.115. The zero-order valence-electron chi connectivity index (χ0n) is 13.5. The van der Waals surface area contributed by atoms with Gasteiger partial charge in [0.1, 0.15) is 0 Å². The van der Waals surface area contributed by atoms with Gasteiger partial charge in [0, 0.05) is 30.5 Å². The lowest BCUT2D eigenvalue weighted by Gasteiger charge is -2.23. The van der Waals surface area contributed by atoms with Crippen LogP contribution in [0.15, 0.2) is 47.5 Å². The average Bonchev–Trinajstić information content (AvgIpc) is 3.26. The molecule has 1 aliphatic heterocycles. The van der Waals surface area contributed by atoms with Gasteiger partial charge in [-0.05, 0) is 49.2 Å². The molecule has 3 rings (SSSR count). The van der Waals surface area contributed by atoms with Crippen LogP contribution in [0.4, 0.5) is 5.69 Å². The van der Waals surface area contributed by atoms with E-state index in [4.69, 9.17) is 0 Å². The quantitative estimate of drug-likeness (QED) is 0.872. The molecule has 0 unspecified atom stereocenters. The smallest absolute Gasteiger partial charge is 0.243 e. The highest BCUT2D eigenvalue weighted by Crippen LogP contribution is 2.35. The van der Waals surface area contributed by atoms with Gasteiger partial charge < -0.3 is 10.3 Å². The Balaban J connectivity index is 1.83. The molecule has 0 aliphatic carbocycles. The van der Waals surface area contributed by atoms with E-state index in [1.54, 1.807) is 35.5 Å². The molecule has 1 saturated heterocycles. The van der Waals surface area contributed by atoms with Gasteiger partial charge in [0.05, 0.1) is 10.9 Å². The molecule has 6 nitrogen and oxygen atoms in total. The fourth-order valence-electron chi connectivity index (χ4n) is 2.99. The largest absolute Gasteiger partial charge is 0.364 e. The van der Waals surface area contributed by atoms with E-state index in [-0.39, 0.29) is 16.8 Å². The molecule has 0 saturated carbocycles. The second-order valence-corrected chi connectivity index (χ2v) is 7.72. The molecule has 1 amide bonds. The van der Waals surface area contributed by atoms with Crippen molar-refractivity contribution in [2.24, 2.45) is 0 Å². The molecular formula is C17H21N3O3S. The summed E-state index contributed by atoms with van der Waals surface area (Å²) < 4.78 is 27.5. The van der Waals surface area contributed by atoms with Gasteiger partial charge in [0.15, 0.2) is 0 Å². The average molecular weight is 347 g/mol. The molecule has 1 atom stereocenters. The number of benzene rings is 1. The van der Waals surface area contributed by atoms with Crippen LogP contribution in [-0.4, -0.2) is 30.2 Å². The molecule has 1 fully saturated rings. The van der Waals surface area contributed by atoms with Crippen LogP contribution in [-0.2, 0) is 14.8 Å². The Labute approximate surface area is 141 Å². The van der Waals surface area contributed by atoms with Crippen LogP contribution in [0.1, 0.15) is 37.9 Å². The van der Waals surface area contributed by atoms with Gasteiger partial charge >= 0.3 is 0 Å². The van der Waals surface area contributed by atoms with Gasteiger partial charge in [-0.3, -0.25) is 4.79 Å². The summed E-state index contributed by atoms with van der Waals surface area (Å²) in [5.41, 5.74) is 1.52. The summed E-state index contributed by atoms with van der Waals surface area (Å²) in [7, 11) is -3.56. The van der Waals surface area contributed by atoms with Crippen molar-refractivity contribution in [1.29, 1.82) is 0 Å². The number of carbonyl (C=O) groups is 1. The Morgan fingerprint density at radius 2 is 2.04 bits per heavy atom. The Kier molecular flexibility index (Phi) is 4.73. The molecule has 24 heavy (non-hydrogen) atoms. The molecule has 1 aromatic carbocycles. The fourth-order valence-corrected chi connectivity index (χ4v) is 4.66. The van der Waals surface area contributed by atoms with Crippen LogP contribution in [0.5, 0.6) is 0 Å². The molecule has 2 aromatic rings. The zero-order valence-corrected chi connectivity index (χ0v) is 14.3. The summed E-state index contributed by atoms with van der Waals surface area (Å²) in [5.74, 6) is -0.100. The summed E-state index contributed by atoms with van der Waals surface area (Å²) in [4.78, 5) is 14.8. The first-order chi connectivity index (χ1) is 11.5. The number of carbonyl (C=O) groups excluding carboxylic acids is 1. The summed E-state index contributed by atoms with van der Waals surface area (Å²) in [6, 6.07) is 9.99. The molecular weight excluding hydrogens is 326 g/mol. The van der Waals surface area contributed by atoms with E-state index < -0.39 is 10.0 Å². The van der Waals surface area contributed by atoms with E-state index >= 15 is 0 Å². The van der Waals surface area contributed by atoms with Crippen molar-refractivity contribution in [2.75, 3.05) is 11.9 Å². The molecule has 0 radical (unpaired) electrons. The zero-order chi connectivity index (χ0) is 17.2. The lowest BCUT2D eigenvalue weighted by Crippen LogP contribution is -2.30. The minimum absolute atomic E-state index is 0.100. The Hall–Kier alpha value is -2.12. The van der Waals surface area contributed by atoms with Crippen LogP contribution in [0.3, 0.4) is 0 Å². The maximum absolute atomic E-state index is 13.0. The number of rotatable bonds is 5. The van der Waals surface area contributed by atoms with E-state index in [1.807, 2.05) is 18.3 Å². The van der Waals surface area contributed by atoms with Gasteiger partial charge in [-0.2, -0.15) is 4.31 Å². The summed E-state index contributed by atoms with van der Waals surface area (Å²) in [5, 5.41) is 2.72. The highest BCUT2D eigenvalue weighted by Gasteiger charge is 2.36. The van der Waals surface area contributed by atoms with E-state index in [9.17, 15) is 13.2 Å². The van der Waals surface area contributed by atoms with Crippen LogP contribution < -0.4 is 5.32 Å². The number of sulfonamides is 1. The predicted molar refractivity (Wildman–Crippen MR) is 92.0 cm³/mol. The highest BCUT2D eigenvalue weighted by atomic mass is 32.2. The number of amides is 1. The SMILES string of the molecule is CCC(=O)Nc1ccc(S(=O)(=O)N2CCC[C@@H]2c2ccc[nH]2)cc1. The van der Waals surface area contributed by atoms with E-state index in [0.717, 1.165) is 18.5 Å². The summed E-state index contributed by atoms with van der Waals surface area (Å²) >= 11 is 0. The van der Waals surface area contributed by atoms with Crippen molar-refractivity contribution in [3.8, 4) is 0 Å². The number of nitrogens with one attached hydrogen (secondary N) is 2. The van der Waals surface area contributed by atoms with Gasteiger partial charge in [-0.25, -0.2) is 8.42 Å². The molecule has 0 spiro atoms. The Morgan fingerprint density at radius 1 is 1.29 bits per heavy atom. The molecule has 2 heterocycles. The third kappa shape index (κ3) is 3.22. The van der Waals surface area contributed by atoms with Crippen molar-refractivity contribution in [3.05, 3.63) is 48.3 Å². The molecule has 7 heteroatoms. The third-order valence-corrected chi connectivity index (χ3v) is 6.17. The molecule has 1 aromatic heterocycles. The number of aromatic nitrogens is 1.